The molecule has 0 unspecified atom stereocenters. The molecule has 0 radical (unpaired) electrons. The number of alkyl halides is 2. The van der Waals surface area contributed by atoms with Gasteiger partial charge in [-0.1, -0.05) is 25.3 Å². The molecule has 1 amide bonds. The van der Waals surface area contributed by atoms with Gasteiger partial charge in [-0.05, 0) is 12.8 Å². The predicted octanol–water partition coefficient (Wildman–Crippen LogP) is 2.67. The van der Waals surface area contributed by atoms with Crippen molar-refractivity contribution < 1.29 is 27.8 Å². The van der Waals surface area contributed by atoms with Crippen LogP contribution in [0.5, 0.6) is 0 Å². The largest absolute Gasteiger partial charge is 0.452 e. The van der Waals surface area contributed by atoms with Gasteiger partial charge in [0.2, 0.25) is 6.23 Å². The first kappa shape index (κ1) is 14.3. The molecule has 2 bridgehead atoms. The highest BCUT2D eigenvalue weighted by Gasteiger charge is 2.68. The molecule has 2 fully saturated rings. The lowest BCUT2D eigenvalue weighted by Gasteiger charge is -2.52. The number of esters is 1. The van der Waals surface area contributed by atoms with Crippen LogP contribution in [-0.4, -0.2) is 36.2 Å². The van der Waals surface area contributed by atoms with E-state index in [1.807, 2.05) is 0 Å². The maximum Gasteiger partial charge on any atom is 0.416 e. The van der Waals surface area contributed by atoms with E-state index in [0.717, 1.165) is 26.4 Å². The van der Waals surface area contributed by atoms with Crippen molar-refractivity contribution in [2.24, 2.45) is 11.3 Å². The van der Waals surface area contributed by atoms with Gasteiger partial charge in [-0.3, -0.25) is 4.79 Å². The molecule has 7 heteroatoms. The van der Waals surface area contributed by atoms with Crippen molar-refractivity contribution in [2.75, 3.05) is 7.11 Å². The van der Waals surface area contributed by atoms with Crippen LogP contribution in [0.25, 0.3) is 0 Å². The van der Waals surface area contributed by atoms with Crippen LogP contribution in [-0.2, 0) is 14.3 Å². The summed E-state index contributed by atoms with van der Waals surface area (Å²) >= 11 is 0. The minimum Gasteiger partial charge on any atom is -0.452 e. The monoisotopic (exact) mass is 301 g/mol. The van der Waals surface area contributed by atoms with Gasteiger partial charge in [-0.2, -0.15) is 8.78 Å². The van der Waals surface area contributed by atoms with Crippen molar-refractivity contribution in [3.05, 3.63) is 12.3 Å². The average Bonchev–Trinajstić information content (AvgIpc) is 2.47. The molecule has 3 rings (SSSR count). The molecule has 5 nitrogen and oxygen atoms in total. The zero-order valence-electron chi connectivity index (χ0n) is 11.7. The molecular weight excluding hydrogens is 284 g/mol. The number of methoxy groups -OCH3 is 1. The van der Waals surface area contributed by atoms with E-state index >= 15 is 0 Å². The summed E-state index contributed by atoms with van der Waals surface area (Å²) in [5, 5.41) is 0. The number of nitrogens with zero attached hydrogens (tertiary/aromatic N) is 1. The fourth-order valence-corrected chi connectivity index (χ4v) is 3.72. The van der Waals surface area contributed by atoms with Crippen LogP contribution in [0.3, 0.4) is 0 Å². The van der Waals surface area contributed by atoms with Crippen molar-refractivity contribution in [1.29, 1.82) is 0 Å². The van der Waals surface area contributed by atoms with Crippen molar-refractivity contribution >= 4 is 12.1 Å². The van der Waals surface area contributed by atoms with Crippen LogP contribution in [0.1, 0.15) is 32.1 Å². The molecule has 0 aromatic heterocycles. The van der Waals surface area contributed by atoms with Gasteiger partial charge >= 0.3 is 18.0 Å². The van der Waals surface area contributed by atoms with E-state index in [1.54, 1.807) is 0 Å². The number of hydrogen-bond donors (Lipinski definition) is 0. The Morgan fingerprint density at radius 3 is 2.67 bits per heavy atom. The molecule has 2 atom stereocenters. The van der Waals surface area contributed by atoms with E-state index in [2.05, 4.69) is 4.74 Å². The summed E-state index contributed by atoms with van der Waals surface area (Å²) in [5.41, 5.74) is -1.16. The van der Waals surface area contributed by atoms with Crippen LogP contribution in [0.2, 0.25) is 0 Å². The summed E-state index contributed by atoms with van der Waals surface area (Å²) in [4.78, 5) is 24.6. The van der Waals surface area contributed by atoms with E-state index in [1.165, 1.54) is 12.3 Å². The smallest absolute Gasteiger partial charge is 0.416 e. The Balaban J connectivity index is 2.02. The average molecular weight is 301 g/mol. The molecule has 0 aromatic carbocycles. The molecular formula is C14H17F2NO4. The van der Waals surface area contributed by atoms with E-state index in [4.69, 9.17) is 4.74 Å². The van der Waals surface area contributed by atoms with Gasteiger partial charge in [0.05, 0.1) is 18.4 Å². The Morgan fingerprint density at radius 1 is 1.38 bits per heavy atom. The van der Waals surface area contributed by atoms with Gasteiger partial charge in [0.15, 0.2) is 0 Å². The van der Waals surface area contributed by atoms with Gasteiger partial charge in [-0.15, -0.1) is 0 Å². The predicted molar refractivity (Wildman–Crippen MR) is 67.2 cm³/mol. The number of allylic oxidation sites excluding steroid dienone is 1. The van der Waals surface area contributed by atoms with Crippen molar-refractivity contribution in [2.45, 2.75) is 44.3 Å². The number of hydrogen-bond acceptors (Lipinski definition) is 4. The van der Waals surface area contributed by atoms with E-state index in [-0.39, 0.29) is 0 Å². The number of amides is 1. The van der Waals surface area contributed by atoms with Gasteiger partial charge in [-0.25, -0.2) is 9.69 Å². The van der Waals surface area contributed by atoms with Crippen molar-refractivity contribution in [3.8, 4) is 0 Å². The summed E-state index contributed by atoms with van der Waals surface area (Å²) in [5.74, 6) is -5.16. The van der Waals surface area contributed by atoms with Gasteiger partial charge < -0.3 is 9.47 Å². The Bertz CT molecular complexity index is 499. The van der Waals surface area contributed by atoms with E-state index < -0.39 is 35.5 Å². The molecule has 1 saturated heterocycles. The number of ether oxygens (including phenoxy) is 2. The third-order valence-corrected chi connectivity index (χ3v) is 4.79. The zero-order chi connectivity index (χ0) is 15.3. The second kappa shape index (κ2) is 4.68. The highest BCUT2D eigenvalue weighted by atomic mass is 19.3. The van der Waals surface area contributed by atoms with E-state index in [9.17, 15) is 18.4 Å². The maximum atomic E-state index is 14.7. The first-order valence-electron chi connectivity index (χ1n) is 7.07. The molecule has 1 aliphatic carbocycles. The van der Waals surface area contributed by atoms with Crippen LogP contribution < -0.4 is 0 Å². The molecule has 1 spiro atoms. The topological polar surface area (TPSA) is 55.8 Å². The van der Waals surface area contributed by atoms with Crippen LogP contribution >= 0.6 is 0 Å². The number of fused-ring (bicyclic) bond motifs is 3. The quantitative estimate of drug-likeness (QED) is 0.645. The number of carbonyl (C=O) groups excluding carboxylic acids is 2. The molecule has 2 heterocycles. The third kappa shape index (κ3) is 1.86. The van der Waals surface area contributed by atoms with Crippen molar-refractivity contribution in [3.63, 3.8) is 0 Å². The number of halogens is 2. The van der Waals surface area contributed by atoms with Gasteiger partial charge in [0, 0.05) is 6.20 Å². The lowest BCUT2D eigenvalue weighted by Crippen LogP contribution is -2.66. The lowest BCUT2D eigenvalue weighted by atomic mass is 9.61. The fourth-order valence-electron chi connectivity index (χ4n) is 3.72. The molecule has 2 aliphatic heterocycles. The Labute approximate surface area is 120 Å². The number of rotatable bonds is 0. The molecule has 0 N–H and O–H groups in total. The SMILES string of the molecule is COC(=O)N1C=C[C@H]2C3(CCCCC3)C(=O)O[C@@H]1C2(F)F. The zero-order valence-corrected chi connectivity index (χ0v) is 11.7. The Kier molecular flexibility index (Phi) is 3.18. The minimum atomic E-state index is -3.31. The first-order valence-corrected chi connectivity index (χ1v) is 7.07. The van der Waals surface area contributed by atoms with Gasteiger partial charge in [0.25, 0.3) is 0 Å². The first-order chi connectivity index (χ1) is 9.93. The van der Waals surface area contributed by atoms with Crippen LogP contribution in [0.4, 0.5) is 13.6 Å². The lowest BCUT2D eigenvalue weighted by molar-refractivity contribution is -0.266. The Hall–Kier alpha value is -1.66. The maximum absolute atomic E-state index is 14.7. The number of carbonyl (C=O) groups is 2. The molecule has 21 heavy (non-hydrogen) atoms. The summed E-state index contributed by atoms with van der Waals surface area (Å²) in [6.45, 7) is 0. The molecule has 1 saturated carbocycles. The second-order valence-electron chi connectivity index (χ2n) is 5.85. The summed E-state index contributed by atoms with van der Waals surface area (Å²) < 4.78 is 38.8. The van der Waals surface area contributed by atoms with Crippen LogP contribution in [0.15, 0.2) is 12.3 Å². The molecule has 3 aliphatic rings. The van der Waals surface area contributed by atoms with E-state index in [0.29, 0.717) is 17.7 Å². The standard InChI is InChI=1S/C14H17F2NO4/c1-20-12(19)17-8-5-9-13(6-3-2-4-7-13)11(18)21-10(17)14(9,15)16/h5,8-10H,2-4,6-7H2,1H3/t9-,10+/m0/s1. The normalized spacial score (nSPS) is 32.7. The highest BCUT2D eigenvalue weighted by Crippen LogP contribution is 2.56. The highest BCUT2D eigenvalue weighted by molar-refractivity contribution is 5.81. The third-order valence-electron chi connectivity index (χ3n) is 4.79. The second-order valence-corrected chi connectivity index (χ2v) is 5.85. The van der Waals surface area contributed by atoms with Gasteiger partial charge in [0.1, 0.15) is 0 Å². The molecule has 116 valence electrons. The fraction of sp³-hybridized carbons (Fsp3) is 0.714. The minimum absolute atomic E-state index is 0.404. The Morgan fingerprint density at radius 2 is 2.05 bits per heavy atom. The van der Waals surface area contributed by atoms with Crippen molar-refractivity contribution in [1.82, 2.24) is 4.90 Å². The summed E-state index contributed by atoms with van der Waals surface area (Å²) in [6.07, 6.45) is 2.85. The molecule has 0 aromatic rings. The van der Waals surface area contributed by atoms with Crippen LogP contribution in [0, 0.1) is 11.3 Å². The summed E-state index contributed by atoms with van der Waals surface area (Å²) in [7, 11) is 1.09. The summed E-state index contributed by atoms with van der Waals surface area (Å²) in [6, 6.07) is 0.